The van der Waals surface area contributed by atoms with Gasteiger partial charge in [0.1, 0.15) is 7.85 Å². The average molecular weight is 223 g/mol. The van der Waals surface area contributed by atoms with Crippen molar-refractivity contribution in [1.82, 2.24) is 0 Å². The molecule has 0 aromatic heterocycles. The minimum absolute atomic E-state index is 0.545. The van der Waals surface area contributed by atoms with Crippen LogP contribution in [-0.2, 0) is 12.8 Å². The third-order valence-electron chi connectivity index (χ3n) is 2.20. The molecule has 1 aliphatic rings. The molecular weight excluding hydrogens is 215 g/mol. The van der Waals surface area contributed by atoms with Crippen molar-refractivity contribution < 1.29 is 5.11 Å². The highest BCUT2D eigenvalue weighted by atomic mass is 79.9. The summed E-state index contributed by atoms with van der Waals surface area (Å²) in [6, 6.07) is 5.94. The van der Waals surface area contributed by atoms with Crippen LogP contribution in [0.1, 0.15) is 11.1 Å². The number of fused-ring (bicyclic) bond motifs is 1. The summed E-state index contributed by atoms with van der Waals surface area (Å²) in [5.41, 5.74) is 1.25. The van der Waals surface area contributed by atoms with Crippen molar-refractivity contribution in [2.75, 3.05) is 0 Å². The van der Waals surface area contributed by atoms with Gasteiger partial charge in [0.15, 0.2) is 0 Å². The molecule has 0 fully saturated rings. The van der Waals surface area contributed by atoms with E-state index in [0.717, 1.165) is 15.6 Å². The molecule has 0 aliphatic heterocycles. The summed E-state index contributed by atoms with van der Waals surface area (Å²) in [6.07, 6.45) is 1.10. The lowest BCUT2D eigenvalue weighted by molar-refractivity contribution is 0.140. The summed E-state index contributed by atoms with van der Waals surface area (Å²) in [5, 5.41) is 9.60. The quantitative estimate of drug-likeness (QED) is 0.659. The summed E-state index contributed by atoms with van der Waals surface area (Å²) < 4.78 is 1.04. The number of rotatable bonds is 0. The molecule has 1 N–H and O–H groups in total. The van der Waals surface area contributed by atoms with Crippen LogP contribution in [0.5, 0.6) is 0 Å². The summed E-state index contributed by atoms with van der Waals surface area (Å²) in [7, 11) is 5.63. The van der Waals surface area contributed by atoms with Gasteiger partial charge in [0, 0.05) is 9.97 Å². The van der Waals surface area contributed by atoms with Crippen LogP contribution in [0, 0.1) is 0 Å². The minimum atomic E-state index is -1.04. The first-order chi connectivity index (χ1) is 5.58. The summed E-state index contributed by atoms with van der Waals surface area (Å²) in [6.45, 7) is 0. The maximum Gasteiger partial charge on any atom is 0.114 e. The van der Waals surface area contributed by atoms with E-state index in [0.29, 0.717) is 12.8 Å². The molecule has 1 aromatic rings. The van der Waals surface area contributed by atoms with E-state index in [4.69, 9.17) is 7.85 Å². The van der Waals surface area contributed by atoms with Crippen molar-refractivity contribution in [2.24, 2.45) is 0 Å². The van der Waals surface area contributed by atoms with Crippen molar-refractivity contribution in [3.05, 3.63) is 33.8 Å². The smallest absolute Gasteiger partial charge is 0.114 e. The Labute approximate surface area is 81.3 Å². The predicted octanol–water partition coefficient (Wildman–Crippen LogP) is 1.40. The Morgan fingerprint density at radius 1 is 1.42 bits per heavy atom. The molecule has 1 nitrogen and oxygen atoms in total. The molecule has 0 heterocycles. The fraction of sp³-hybridized carbons (Fsp3) is 0.333. The Hall–Kier alpha value is -0.275. The highest BCUT2D eigenvalue weighted by Gasteiger charge is 2.30. The van der Waals surface area contributed by atoms with Gasteiger partial charge >= 0.3 is 0 Å². The molecule has 0 bridgehead atoms. The molecule has 0 amide bonds. The lowest BCUT2D eigenvalue weighted by Gasteiger charge is -2.14. The first-order valence-corrected chi connectivity index (χ1v) is 4.65. The van der Waals surface area contributed by atoms with E-state index in [1.807, 2.05) is 18.2 Å². The lowest BCUT2D eigenvalue weighted by atomic mass is 9.79. The van der Waals surface area contributed by atoms with Crippen LogP contribution in [0.15, 0.2) is 22.7 Å². The van der Waals surface area contributed by atoms with Crippen LogP contribution >= 0.6 is 15.9 Å². The first kappa shape index (κ1) is 8.33. The molecule has 60 valence electrons. The normalized spacial score (nSPS) is 27.2. The molecule has 2 radical (unpaired) electrons. The Morgan fingerprint density at radius 2 is 2.17 bits per heavy atom. The van der Waals surface area contributed by atoms with Gasteiger partial charge in [0.05, 0.1) is 0 Å². The molecule has 1 unspecified atom stereocenters. The molecule has 1 atom stereocenters. The van der Waals surface area contributed by atoms with Gasteiger partial charge in [0.2, 0.25) is 0 Å². The maximum absolute atomic E-state index is 9.60. The summed E-state index contributed by atoms with van der Waals surface area (Å²) >= 11 is 3.43. The highest BCUT2D eigenvalue weighted by molar-refractivity contribution is 9.10. The first-order valence-electron chi connectivity index (χ1n) is 3.86. The van der Waals surface area contributed by atoms with Gasteiger partial charge < -0.3 is 5.11 Å². The second-order valence-corrected chi connectivity index (χ2v) is 4.19. The van der Waals surface area contributed by atoms with Gasteiger partial charge in [-0.05, 0) is 30.0 Å². The zero-order chi connectivity index (χ0) is 8.77. The van der Waals surface area contributed by atoms with Crippen molar-refractivity contribution in [3.8, 4) is 0 Å². The van der Waals surface area contributed by atoms with Crippen LogP contribution in [0.25, 0.3) is 0 Å². The van der Waals surface area contributed by atoms with Crippen molar-refractivity contribution in [2.45, 2.75) is 18.3 Å². The Bertz CT molecular complexity index is 322. The van der Waals surface area contributed by atoms with E-state index in [9.17, 15) is 5.11 Å². The van der Waals surface area contributed by atoms with E-state index in [1.54, 1.807) is 0 Å². The lowest BCUT2D eigenvalue weighted by Crippen LogP contribution is -2.29. The minimum Gasteiger partial charge on any atom is -0.399 e. The van der Waals surface area contributed by atoms with Crippen molar-refractivity contribution in [3.63, 3.8) is 0 Å². The second-order valence-electron chi connectivity index (χ2n) is 3.33. The zero-order valence-corrected chi connectivity index (χ0v) is 8.13. The molecule has 0 spiro atoms. The third kappa shape index (κ3) is 1.32. The van der Waals surface area contributed by atoms with Crippen molar-refractivity contribution >= 4 is 23.8 Å². The largest absolute Gasteiger partial charge is 0.399 e. The van der Waals surface area contributed by atoms with Gasteiger partial charge in [-0.15, -0.1) is 0 Å². The molecule has 0 saturated heterocycles. The molecular formula is C9H8BBrO. The molecule has 0 saturated carbocycles. The van der Waals surface area contributed by atoms with Gasteiger partial charge in [-0.25, -0.2) is 0 Å². The second kappa shape index (κ2) is 2.61. The fourth-order valence-electron chi connectivity index (χ4n) is 1.67. The molecule has 1 aromatic carbocycles. The van der Waals surface area contributed by atoms with Crippen LogP contribution in [0.3, 0.4) is 0 Å². The van der Waals surface area contributed by atoms with Gasteiger partial charge in [-0.3, -0.25) is 0 Å². The van der Waals surface area contributed by atoms with Crippen LogP contribution < -0.4 is 0 Å². The molecule has 2 rings (SSSR count). The zero-order valence-electron chi connectivity index (χ0n) is 6.55. The number of halogens is 1. The van der Waals surface area contributed by atoms with Crippen LogP contribution in [0.2, 0.25) is 0 Å². The predicted molar refractivity (Wildman–Crippen MR) is 52.3 cm³/mol. The Morgan fingerprint density at radius 3 is 2.83 bits per heavy atom. The fourth-order valence-corrected chi connectivity index (χ4v) is 2.21. The SMILES string of the molecule is [B]C1(O)Cc2cccc(Br)c2C1. The standard InChI is InChI=1S/C9H8BBrO/c10-9(12)4-6-2-1-3-8(11)7(6)5-9/h1-3,12H,4-5H2. The van der Waals surface area contributed by atoms with E-state index >= 15 is 0 Å². The molecule has 3 heteroatoms. The Kier molecular flexibility index (Phi) is 1.81. The number of hydrogen-bond donors (Lipinski definition) is 1. The van der Waals surface area contributed by atoms with Crippen LogP contribution in [-0.4, -0.2) is 18.5 Å². The van der Waals surface area contributed by atoms with E-state index in [2.05, 4.69) is 15.9 Å². The van der Waals surface area contributed by atoms with Gasteiger partial charge in [0.25, 0.3) is 0 Å². The maximum atomic E-state index is 9.60. The van der Waals surface area contributed by atoms with Crippen molar-refractivity contribution in [1.29, 1.82) is 0 Å². The Balaban J connectivity index is 2.48. The monoisotopic (exact) mass is 222 g/mol. The number of aliphatic hydroxyl groups is 1. The van der Waals surface area contributed by atoms with Crippen LogP contribution in [0.4, 0.5) is 0 Å². The number of benzene rings is 1. The van der Waals surface area contributed by atoms with Gasteiger partial charge in [-0.2, -0.15) is 0 Å². The average Bonchev–Trinajstić information content (AvgIpc) is 2.25. The van der Waals surface area contributed by atoms with E-state index in [1.165, 1.54) is 0 Å². The van der Waals surface area contributed by atoms with E-state index in [-0.39, 0.29) is 0 Å². The topological polar surface area (TPSA) is 20.2 Å². The third-order valence-corrected chi connectivity index (χ3v) is 2.94. The summed E-state index contributed by atoms with van der Waals surface area (Å²) in [4.78, 5) is 0. The molecule has 1 aliphatic carbocycles. The molecule has 12 heavy (non-hydrogen) atoms. The highest BCUT2D eigenvalue weighted by Crippen LogP contribution is 2.32. The summed E-state index contributed by atoms with van der Waals surface area (Å²) in [5.74, 6) is 0. The van der Waals surface area contributed by atoms with E-state index < -0.39 is 5.50 Å². The number of hydrogen-bond acceptors (Lipinski definition) is 1. The van der Waals surface area contributed by atoms with Gasteiger partial charge in [-0.1, -0.05) is 28.1 Å².